The van der Waals surface area contributed by atoms with E-state index in [-0.39, 0.29) is 5.41 Å². The van der Waals surface area contributed by atoms with E-state index in [4.69, 9.17) is 25.8 Å². The summed E-state index contributed by atoms with van der Waals surface area (Å²) in [6, 6.07) is 16.5. The molecule has 3 nitrogen and oxygen atoms in total. The summed E-state index contributed by atoms with van der Waals surface area (Å²) < 4.78 is 16.4. The van der Waals surface area contributed by atoms with Crippen LogP contribution in [0, 0.1) is 0 Å². The second-order valence-electron chi connectivity index (χ2n) is 6.54. The van der Waals surface area contributed by atoms with E-state index in [0.717, 1.165) is 17.9 Å². The van der Waals surface area contributed by atoms with Gasteiger partial charge in [0.15, 0.2) is 0 Å². The third-order valence-electron chi connectivity index (χ3n) is 4.35. The van der Waals surface area contributed by atoms with Crippen LogP contribution in [0.1, 0.15) is 31.4 Å². The summed E-state index contributed by atoms with van der Waals surface area (Å²) >= 11 is 5.50. The third kappa shape index (κ3) is 5.79. The lowest BCUT2D eigenvalue weighted by molar-refractivity contribution is 0.172. The Balaban J connectivity index is 2.01. The first-order valence-corrected chi connectivity index (χ1v) is 9.22. The van der Waals surface area contributed by atoms with Gasteiger partial charge < -0.3 is 14.2 Å². The van der Waals surface area contributed by atoms with Gasteiger partial charge >= 0.3 is 0 Å². The molecule has 0 aliphatic carbocycles. The van der Waals surface area contributed by atoms with Crippen molar-refractivity contribution in [3.8, 4) is 11.5 Å². The molecule has 26 heavy (non-hydrogen) atoms. The maximum Gasteiger partial charge on any atom is 0.119 e. The highest BCUT2D eigenvalue weighted by Gasteiger charge is 2.23. The first kappa shape index (κ1) is 20.3. The Morgan fingerprint density at radius 1 is 0.846 bits per heavy atom. The Bertz CT molecular complexity index is 676. The molecule has 2 rings (SSSR count). The first-order chi connectivity index (χ1) is 12.6. The van der Waals surface area contributed by atoms with Gasteiger partial charge in [0.25, 0.3) is 0 Å². The van der Waals surface area contributed by atoms with Crippen LogP contribution in [0.3, 0.4) is 0 Å². The number of halogens is 1. The summed E-state index contributed by atoms with van der Waals surface area (Å²) in [6.07, 6.45) is 2.65. The second kappa shape index (κ2) is 10.2. The van der Waals surface area contributed by atoms with E-state index >= 15 is 0 Å². The number of methoxy groups -OCH3 is 1. The average Bonchev–Trinajstić information content (AvgIpc) is 2.66. The molecule has 0 atom stereocenters. The molecule has 0 saturated carbocycles. The lowest BCUT2D eigenvalue weighted by atomic mass is 9.78. The molecule has 0 N–H and O–H groups in total. The highest BCUT2D eigenvalue weighted by molar-refractivity contribution is 6.25. The predicted octanol–water partition coefficient (Wildman–Crippen LogP) is 5.56. The van der Waals surface area contributed by atoms with E-state index in [1.165, 1.54) is 16.7 Å². The lowest BCUT2D eigenvalue weighted by Gasteiger charge is -2.26. The van der Waals surface area contributed by atoms with Gasteiger partial charge in [0.05, 0.1) is 6.61 Å². The third-order valence-corrected chi connectivity index (χ3v) is 4.53. The zero-order valence-electron chi connectivity index (χ0n) is 15.7. The molecular formula is C22H27ClO3. The van der Waals surface area contributed by atoms with Crippen LogP contribution in [0.4, 0.5) is 0 Å². The minimum absolute atomic E-state index is 0.108. The minimum atomic E-state index is -0.108. The smallest absolute Gasteiger partial charge is 0.119 e. The van der Waals surface area contributed by atoms with Gasteiger partial charge in [-0.15, -0.1) is 0 Å². The van der Waals surface area contributed by atoms with Crippen LogP contribution in [0.15, 0.2) is 60.1 Å². The summed E-state index contributed by atoms with van der Waals surface area (Å²) in [5.74, 6) is 1.72. The van der Waals surface area contributed by atoms with Crippen molar-refractivity contribution in [2.45, 2.75) is 25.7 Å². The van der Waals surface area contributed by atoms with Gasteiger partial charge in [-0.1, -0.05) is 49.7 Å². The van der Waals surface area contributed by atoms with Gasteiger partial charge in [0.2, 0.25) is 0 Å². The fraction of sp³-hybridized carbons (Fsp3) is 0.364. The topological polar surface area (TPSA) is 27.7 Å². The van der Waals surface area contributed by atoms with Crippen LogP contribution < -0.4 is 9.47 Å². The molecular weight excluding hydrogens is 348 g/mol. The molecule has 2 aromatic rings. The van der Waals surface area contributed by atoms with Crippen LogP contribution in [0.5, 0.6) is 11.5 Å². The highest BCUT2D eigenvalue weighted by atomic mass is 35.5. The molecule has 0 radical (unpaired) electrons. The lowest BCUT2D eigenvalue weighted by Crippen LogP contribution is -2.18. The van der Waals surface area contributed by atoms with E-state index in [2.05, 4.69) is 38.1 Å². The van der Waals surface area contributed by atoms with Crippen LogP contribution in [0.25, 0.3) is 0 Å². The summed E-state index contributed by atoms with van der Waals surface area (Å²) in [4.78, 5) is 0. The van der Waals surface area contributed by atoms with Crippen LogP contribution in [-0.2, 0) is 10.2 Å². The van der Waals surface area contributed by atoms with Crippen molar-refractivity contribution in [3.05, 3.63) is 71.3 Å². The zero-order valence-corrected chi connectivity index (χ0v) is 16.5. The Hall–Kier alpha value is -1.97. The Morgan fingerprint density at radius 2 is 1.38 bits per heavy atom. The fourth-order valence-electron chi connectivity index (χ4n) is 2.68. The van der Waals surface area contributed by atoms with Gasteiger partial charge in [-0.2, -0.15) is 0 Å². The van der Waals surface area contributed by atoms with E-state index < -0.39 is 0 Å². The van der Waals surface area contributed by atoms with Crippen molar-refractivity contribution >= 4 is 11.6 Å². The van der Waals surface area contributed by atoms with Gasteiger partial charge in [0.1, 0.15) is 18.1 Å². The number of hydrogen-bond acceptors (Lipinski definition) is 3. The molecule has 0 bridgehead atoms. The Kier molecular flexibility index (Phi) is 8.02. The van der Waals surface area contributed by atoms with Crippen molar-refractivity contribution in [1.29, 1.82) is 0 Å². The SMILES string of the molecule is COCCCOc1ccc(C(C)(C)c2ccc(OC/C=C/Cl)cc2)cc1. The largest absolute Gasteiger partial charge is 0.494 e. The first-order valence-electron chi connectivity index (χ1n) is 8.79. The maximum atomic E-state index is 5.73. The van der Waals surface area contributed by atoms with Gasteiger partial charge in [0, 0.05) is 31.1 Å². The minimum Gasteiger partial charge on any atom is -0.494 e. The average molecular weight is 375 g/mol. The highest BCUT2D eigenvalue weighted by Crippen LogP contribution is 2.33. The molecule has 2 aromatic carbocycles. The second-order valence-corrected chi connectivity index (χ2v) is 6.79. The normalized spacial score (nSPS) is 11.7. The quantitative estimate of drug-likeness (QED) is 0.509. The molecule has 140 valence electrons. The van der Waals surface area contributed by atoms with Crippen molar-refractivity contribution in [2.24, 2.45) is 0 Å². The summed E-state index contributed by atoms with van der Waals surface area (Å²) in [7, 11) is 1.70. The Morgan fingerprint density at radius 3 is 1.88 bits per heavy atom. The molecule has 0 amide bonds. The molecule has 4 heteroatoms. The van der Waals surface area contributed by atoms with Crippen molar-refractivity contribution in [2.75, 3.05) is 26.9 Å². The van der Waals surface area contributed by atoms with Gasteiger partial charge in [-0.25, -0.2) is 0 Å². The molecule has 0 spiro atoms. The number of hydrogen-bond donors (Lipinski definition) is 0. The fourth-order valence-corrected chi connectivity index (χ4v) is 2.75. The summed E-state index contributed by atoms with van der Waals surface area (Å²) in [6.45, 7) is 6.28. The molecule has 0 saturated heterocycles. The van der Waals surface area contributed by atoms with Gasteiger partial charge in [-0.05, 0) is 41.5 Å². The summed E-state index contributed by atoms with van der Waals surface area (Å²) in [5, 5.41) is 0. The monoisotopic (exact) mass is 374 g/mol. The van der Waals surface area contributed by atoms with Crippen LogP contribution >= 0.6 is 11.6 Å². The van der Waals surface area contributed by atoms with Crippen LogP contribution in [0.2, 0.25) is 0 Å². The van der Waals surface area contributed by atoms with Crippen molar-refractivity contribution in [3.63, 3.8) is 0 Å². The van der Waals surface area contributed by atoms with Crippen molar-refractivity contribution in [1.82, 2.24) is 0 Å². The van der Waals surface area contributed by atoms with E-state index in [1.807, 2.05) is 24.3 Å². The number of ether oxygens (including phenoxy) is 3. The Labute approximate surface area is 161 Å². The number of rotatable bonds is 10. The van der Waals surface area contributed by atoms with E-state index in [1.54, 1.807) is 13.2 Å². The standard InChI is InChI=1S/C22H27ClO3/c1-22(2,18-6-10-20(11-7-18)25-16-4-14-23)19-8-12-21(13-9-19)26-17-5-15-24-3/h4,6-14H,5,15-17H2,1-3H3/b14-4+. The predicted molar refractivity (Wildman–Crippen MR) is 107 cm³/mol. The molecule has 0 unspecified atom stereocenters. The summed E-state index contributed by atoms with van der Waals surface area (Å²) in [5.41, 5.74) is 3.82. The molecule has 0 aromatic heterocycles. The molecule has 0 aliphatic rings. The number of benzene rings is 2. The van der Waals surface area contributed by atoms with Crippen LogP contribution in [-0.4, -0.2) is 26.9 Å². The van der Waals surface area contributed by atoms with Gasteiger partial charge in [-0.3, -0.25) is 0 Å². The molecule has 0 aliphatic heterocycles. The van der Waals surface area contributed by atoms with Crippen molar-refractivity contribution < 1.29 is 14.2 Å². The molecule has 0 heterocycles. The zero-order chi connectivity index (χ0) is 18.8. The maximum absolute atomic E-state index is 5.73. The van der Waals surface area contributed by atoms with E-state index in [9.17, 15) is 0 Å². The van der Waals surface area contributed by atoms with E-state index in [0.29, 0.717) is 19.8 Å². The molecule has 0 fully saturated rings.